The van der Waals surface area contributed by atoms with Crippen LogP contribution in [-0.2, 0) is 0 Å². The molecule has 2 rings (SSSR count). The summed E-state index contributed by atoms with van der Waals surface area (Å²) in [6, 6.07) is 5.14. The van der Waals surface area contributed by atoms with Gasteiger partial charge in [-0.05, 0) is 18.6 Å². The molecule has 1 aromatic carbocycles. The van der Waals surface area contributed by atoms with E-state index >= 15 is 0 Å². The molecule has 0 aliphatic heterocycles. The summed E-state index contributed by atoms with van der Waals surface area (Å²) in [7, 11) is 0. The fraction of sp³-hybridized carbons (Fsp3) is 0.0769. The summed E-state index contributed by atoms with van der Waals surface area (Å²) in [4.78, 5) is 17.6. The van der Waals surface area contributed by atoms with Crippen LogP contribution in [0.4, 0.5) is 15.9 Å². The number of ether oxygens (including phenoxy) is 1. The Bertz CT molecular complexity index is 719. The van der Waals surface area contributed by atoms with Crippen molar-refractivity contribution in [2.75, 3.05) is 0 Å². The third-order valence-corrected chi connectivity index (χ3v) is 2.59. The largest absolute Gasteiger partial charge is 0.457 e. The highest BCUT2D eigenvalue weighted by Crippen LogP contribution is 2.31. The van der Waals surface area contributed by atoms with Crippen LogP contribution in [0.2, 0.25) is 0 Å². The fourth-order valence-electron chi connectivity index (χ4n) is 1.64. The summed E-state index contributed by atoms with van der Waals surface area (Å²) in [5.74, 6) is -0.0983. The van der Waals surface area contributed by atoms with Gasteiger partial charge in [0.05, 0.1) is 11.3 Å². The molecule has 0 aliphatic rings. The molecule has 1 heterocycles. The zero-order valence-corrected chi connectivity index (χ0v) is 11.0. The summed E-state index contributed by atoms with van der Waals surface area (Å²) in [6.07, 6.45) is 2.54. The Kier molecular flexibility index (Phi) is 4.07. The van der Waals surface area contributed by atoms with Crippen LogP contribution in [0.3, 0.4) is 0 Å². The maximum Gasteiger partial charge on any atom is 0.305 e. The number of aromatic nitrogens is 1. The molecule has 8 heteroatoms. The second kappa shape index (κ2) is 5.95. The van der Waals surface area contributed by atoms with Crippen molar-refractivity contribution in [1.82, 2.24) is 4.98 Å². The fourth-order valence-corrected chi connectivity index (χ4v) is 1.64. The SMILES string of the molecule is Cc1cc([N+](=O)[O-])c(F)cc1Oc1ccnc(N=CN)c1. The van der Waals surface area contributed by atoms with Crippen LogP contribution in [-0.4, -0.2) is 16.2 Å². The van der Waals surface area contributed by atoms with E-state index in [-0.39, 0.29) is 5.75 Å². The molecule has 21 heavy (non-hydrogen) atoms. The Hall–Kier alpha value is -3.03. The van der Waals surface area contributed by atoms with Crippen molar-refractivity contribution in [1.29, 1.82) is 0 Å². The molecule has 0 unspecified atom stereocenters. The number of rotatable bonds is 4. The van der Waals surface area contributed by atoms with Gasteiger partial charge >= 0.3 is 5.69 Å². The maximum absolute atomic E-state index is 13.6. The van der Waals surface area contributed by atoms with Gasteiger partial charge in [-0.25, -0.2) is 9.98 Å². The van der Waals surface area contributed by atoms with Crippen LogP contribution in [0.1, 0.15) is 5.56 Å². The van der Waals surface area contributed by atoms with Crippen molar-refractivity contribution in [3.63, 3.8) is 0 Å². The van der Waals surface area contributed by atoms with Crippen LogP contribution in [0.15, 0.2) is 35.5 Å². The van der Waals surface area contributed by atoms with E-state index in [1.54, 1.807) is 13.0 Å². The maximum atomic E-state index is 13.6. The number of pyridine rings is 1. The predicted octanol–water partition coefficient (Wildman–Crippen LogP) is 2.85. The molecule has 0 fully saturated rings. The molecule has 0 aliphatic carbocycles. The summed E-state index contributed by atoms with van der Waals surface area (Å²) >= 11 is 0. The smallest absolute Gasteiger partial charge is 0.305 e. The number of nitro groups is 1. The lowest BCUT2D eigenvalue weighted by atomic mass is 10.2. The van der Waals surface area contributed by atoms with Gasteiger partial charge < -0.3 is 10.5 Å². The van der Waals surface area contributed by atoms with Crippen molar-refractivity contribution in [2.45, 2.75) is 6.92 Å². The Labute approximate surface area is 119 Å². The zero-order chi connectivity index (χ0) is 15.4. The molecule has 108 valence electrons. The van der Waals surface area contributed by atoms with Gasteiger partial charge in [0, 0.05) is 24.4 Å². The van der Waals surface area contributed by atoms with Crippen molar-refractivity contribution in [3.8, 4) is 11.5 Å². The van der Waals surface area contributed by atoms with Crippen LogP contribution >= 0.6 is 0 Å². The molecule has 0 amide bonds. The number of aryl methyl sites for hydroxylation is 1. The third kappa shape index (κ3) is 3.30. The lowest BCUT2D eigenvalue weighted by Gasteiger charge is -2.09. The highest BCUT2D eigenvalue weighted by molar-refractivity contribution is 5.57. The lowest BCUT2D eigenvalue weighted by molar-refractivity contribution is -0.387. The first-order chi connectivity index (χ1) is 10.0. The van der Waals surface area contributed by atoms with E-state index in [0.717, 1.165) is 18.5 Å². The number of halogens is 1. The Balaban J connectivity index is 2.33. The van der Waals surface area contributed by atoms with E-state index in [1.165, 1.54) is 12.3 Å². The van der Waals surface area contributed by atoms with Gasteiger partial charge in [0.25, 0.3) is 0 Å². The van der Waals surface area contributed by atoms with Crippen molar-refractivity contribution < 1.29 is 14.1 Å². The van der Waals surface area contributed by atoms with E-state index in [4.69, 9.17) is 10.5 Å². The minimum absolute atomic E-state index is 0.173. The molecule has 0 saturated carbocycles. The van der Waals surface area contributed by atoms with Gasteiger partial charge in [-0.2, -0.15) is 4.39 Å². The van der Waals surface area contributed by atoms with Gasteiger partial charge in [-0.3, -0.25) is 10.1 Å². The minimum Gasteiger partial charge on any atom is -0.457 e. The summed E-state index contributed by atoms with van der Waals surface area (Å²) in [5.41, 5.74) is 5.01. The van der Waals surface area contributed by atoms with Crippen molar-refractivity contribution in [2.24, 2.45) is 10.7 Å². The van der Waals surface area contributed by atoms with Crippen molar-refractivity contribution >= 4 is 17.8 Å². The second-order valence-corrected chi connectivity index (χ2v) is 4.06. The normalized spacial score (nSPS) is 10.8. The highest BCUT2D eigenvalue weighted by atomic mass is 19.1. The lowest BCUT2D eigenvalue weighted by Crippen LogP contribution is -1.96. The zero-order valence-electron chi connectivity index (χ0n) is 11.0. The van der Waals surface area contributed by atoms with Gasteiger partial charge in [0.2, 0.25) is 5.82 Å². The molecular formula is C13H11FN4O3. The molecular weight excluding hydrogens is 279 g/mol. The number of nitro benzene ring substituents is 1. The molecule has 0 radical (unpaired) electrons. The second-order valence-electron chi connectivity index (χ2n) is 4.06. The molecule has 2 N–H and O–H groups in total. The molecule has 0 atom stereocenters. The molecule has 7 nitrogen and oxygen atoms in total. The van der Waals surface area contributed by atoms with Crippen LogP contribution in [0, 0.1) is 22.9 Å². The van der Waals surface area contributed by atoms with E-state index in [1.807, 2.05) is 0 Å². The number of nitrogens with zero attached hydrogens (tertiary/aromatic N) is 3. The molecule has 0 saturated heterocycles. The van der Waals surface area contributed by atoms with E-state index < -0.39 is 16.4 Å². The molecule has 2 aromatic rings. The Morgan fingerprint density at radius 3 is 2.90 bits per heavy atom. The first-order valence-electron chi connectivity index (χ1n) is 5.84. The topological polar surface area (TPSA) is 104 Å². The standard InChI is InChI=1S/C13H11FN4O3/c1-8-4-11(18(19)20)10(14)6-12(8)21-9-2-3-16-13(5-9)17-7-15/h2-7H,1H3,(H2,15,16,17). The highest BCUT2D eigenvalue weighted by Gasteiger charge is 2.17. The van der Waals surface area contributed by atoms with Gasteiger partial charge in [0.15, 0.2) is 5.82 Å². The quantitative estimate of drug-likeness (QED) is 0.403. The number of nitrogens with two attached hydrogens (primary N) is 1. The van der Waals surface area contributed by atoms with E-state index in [0.29, 0.717) is 17.1 Å². The minimum atomic E-state index is -0.963. The third-order valence-electron chi connectivity index (χ3n) is 2.59. The van der Waals surface area contributed by atoms with E-state index in [2.05, 4.69) is 9.98 Å². The first kappa shape index (κ1) is 14.4. The van der Waals surface area contributed by atoms with Gasteiger partial charge in [-0.15, -0.1) is 0 Å². The number of benzene rings is 1. The Morgan fingerprint density at radius 2 is 2.24 bits per heavy atom. The van der Waals surface area contributed by atoms with Gasteiger partial charge in [0.1, 0.15) is 11.5 Å². The average molecular weight is 290 g/mol. The molecule has 0 spiro atoms. The number of hydrogen-bond acceptors (Lipinski definition) is 5. The van der Waals surface area contributed by atoms with Crippen LogP contribution in [0.5, 0.6) is 11.5 Å². The number of aliphatic imine (C=N–C) groups is 1. The van der Waals surface area contributed by atoms with Crippen molar-refractivity contribution in [3.05, 3.63) is 52.0 Å². The summed E-state index contributed by atoms with van der Waals surface area (Å²) in [5, 5.41) is 10.6. The molecule has 0 bridgehead atoms. The Morgan fingerprint density at radius 1 is 1.48 bits per heavy atom. The summed E-state index contributed by atoms with van der Waals surface area (Å²) < 4.78 is 19.1. The molecule has 1 aromatic heterocycles. The van der Waals surface area contributed by atoms with Crippen LogP contribution in [0.25, 0.3) is 0 Å². The van der Waals surface area contributed by atoms with Gasteiger partial charge in [-0.1, -0.05) is 0 Å². The number of hydrogen-bond donors (Lipinski definition) is 1. The predicted molar refractivity (Wildman–Crippen MR) is 74.4 cm³/mol. The first-order valence-corrected chi connectivity index (χ1v) is 5.84. The summed E-state index contributed by atoms with van der Waals surface area (Å²) in [6.45, 7) is 1.59. The monoisotopic (exact) mass is 290 g/mol. The van der Waals surface area contributed by atoms with E-state index in [9.17, 15) is 14.5 Å². The van der Waals surface area contributed by atoms with Crippen LogP contribution < -0.4 is 10.5 Å². The average Bonchev–Trinajstić information content (AvgIpc) is 2.43.